The van der Waals surface area contributed by atoms with E-state index in [4.69, 9.17) is 4.42 Å². The fraction of sp³-hybridized carbons (Fsp3) is 0.333. The number of thiophene rings is 1. The molecule has 0 radical (unpaired) electrons. The summed E-state index contributed by atoms with van der Waals surface area (Å²) >= 11 is 2.00. The highest BCUT2D eigenvalue weighted by Gasteiger charge is 2.58. The van der Waals surface area contributed by atoms with Crippen LogP contribution in [-0.2, 0) is 10.8 Å². The van der Waals surface area contributed by atoms with E-state index in [0.717, 1.165) is 53.3 Å². The number of para-hydroxylation sites is 3. The number of aromatic nitrogens is 1. The molecular formula is C60H58BN3OS. The molecule has 4 nitrogen and oxygen atoms in total. The van der Waals surface area contributed by atoms with Crippen molar-refractivity contribution in [2.45, 2.75) is 117 Å². The van der Waals surface area contributed by atoms with Gasteiger partial charge in [-0.1, -0.05) is 146 Å². The molecule has 0 saturated heterocycles. The summed E-state index contributed by atoms with van der Waals surface area (Å²) in [5, 5.41) is 6.58. The van der Waals surface area contributed by atoms with E-state index in [-0.39, 0.29) is 28.5 Å². The molecule has 0 N–H and O–H groups in total. The fourth-order valence-corrected chi connectivity index (χ4v) is 15.1. The Bertz CT molecular complexity index is 3680. The van der Waals surface area contributed by atoms with Crippen LogP contribution in [0.25, 0.3) is 60.9 Å². The lowest BCUT2D eigenvalue weighted by Crippen LogP contribution is -2.57. The van der Waals surface area contributed by atoms with Crippen molar-refractivity contribution in [2.24, 2.45) is 11.3 Å². The third-order valence-corrected chi connectivity index (χ3v) is 18.7. The molecule has 328 valence electrons. The summed E-state index contributed by atoms with van der Waals surface area (Å²) in [4.78, 5) is 6.86. The Morgan fingerprint density at radius 1 is 0.742 bits per heavy atom. The predicted molar refractivity (Wildman–Crippen MR) is 282 cm³/mol. The molecule has 1 fully saturated rings. The Labute approximate surface area is 392 Å². The number of furan rings is 1. The number of fused-ring (bicyclic) bond motifs is 15. The summed E-state index contributed by atoms with van der Waals surface area (Å²) in [5.74, 6) is 0.369. The van der Waals surface area contributed by atoms with Crippen molar-refractivity contribution in [3.8, 4) is 5.69 Å². The largest absolute Gasteiger partial charge is 0.454 e. The summed E-state index contributed by atoms with van der Waals surface area (Å²) in [6, 6.07) is 35.4. The topological polar surface area (TPSA) is 24.6 Å². The van der Waals surface area contributed by atoms with Crippen LogP contribution in [0.2, 0.25) is 0 Å². The molecule has 0 spiro atoms. The van der Waals surface area contributed by atoms with Gasteiger partial charge in [0.05, 0.1) is 16.7 Å². The number of allylic oxidation sites excluding steroid dienone is 3. The van der Waals surface area contributed by atoms with Gasteiger partial charge in [0, 0.05) is 59.9 Å². The highest BCUT2D eigenvalue weighted by atomic mass is 32.1. The van der Waals surface area contributed by atoms with Crippen LogP contribution in [0.5, 0.6) is 0 Å². The number of anilines is 4. The van der Waals surface area contributed by atoms with Crippen molar-refractivity contribution >= 4 is 107 Å². The van der Waals surface area contributed by atoms with E-state index in [0.29, 0.717) is 5.92 Å². The van der Waals surface area contributed by atoms with Crippen molar-refractivity contribution in [1.82, 2.24) is 4.57 Å². The van der Waals surface area contributed by atoms with Gasteiger partial charge in [0.25, 0.3) is 6.71 Å². The molecule has 3 aliphatic heterocycles. The van der Waals surface area contributed by atoms with E-state index in [1.165, 1.54) is 106 Å². The smallest absolute Gasteiger partial charge is 0.251 e. The van der Waals surface area contributed by atoms with E-state index >= 15 is 0 Å². The first-order chi connectivity index (χ1) is 31.7. The fourth-order valence-electron chi connectivity index (χ4n) is 13.8. The van der Waals surface area contributed by atoms with Crippen molar-refractivity contribution in [3.63, 3.8) is 0 Å². The average molecular weight is 880 g/mol. The third kappa shape index (κ3) is 4.96. The number of nitrogens with zero attached hydrogens (tertiary/aromatic N) is 3. The molecule has 8 aromatic rings. The zero-order valence-electron chi connectivity index (χ0n) is 39.7. The second kappa shape index (κ2) is 13.0. The second-order valence-electron chi connectivity index (χ2n) is 23.1. The minimum Gasteiger partial charge on any atom is -0.454 e. The van der Waals surface area contributed by atoms with Gasteiger partial charge < -0.3 is 18.8 Å². The third-order valence-electron chi connectivity index (χ3n) is 17.5. The lowest BCUT2D eigenvalue weighted by atomic mass is 9.32. The Morgan fingerprint density at radius 3 is 2.36 bits per heavy atom. The Balaban J connectivity index is 1.14. The lowest BCUT2D eigenvalue weighted by Gasteiger charge is -2.51. The van der Waals surface area contributed by atoms with Crippen LogP contribution < -0.4 is 30.5 Å². The van der Waals surface area contributed by atoms with Crippen molar-refractivity contribution in [3.05, 3.63) is 135 Å². The molecule has 3 aromatic heterocycles. The second-order valence-corrected chi connectivity index (χ2v) is 24.1. The normalized spacial score (nSPS) is 23.0. The first-order valence-electron chi connectivity index (χ1n) is 24.8. The highest BCUT2D eigenvalue weighted by Crippen LogP contribution is 2.62. The Hall–Kier alpha value is -5.72. The lowest BCUT2D eigenvalue weighted by molar-refractivity contribution is 0.195. The first kappa shape index (κ1) is 39.5. The molecule has 14 rings (SSSR count). The van der Waals surface area contributed by atoms with E-state index < -0.39 is 0 Å². The monoisotopic (exact) mass is 879 g/mol. The highest BCUT2D eigenvalue weighted by molar-refractivity contribution is 7.17. The molecule has 0 amide bonds. The van der Waals surface area contributed by atoms with Crippen molar-refractivity contribution in [1.29, 1.82) is 0 Å². The van der Waals surface area contributed by atoms with Gasteiger partial charge >= 0.3 is 0 Å². The molecule has 3 atom stereocenters. The van der Waals surface area contributed by atoms with Crippen LogP contribution >= 0.6 is 11.3 Å². The van der Waals surface area contributed by atoms with E-state index in [9.17, 15) is 0 Å². The molecule has 6 aliphatic rings. The van der Waals surface area contributed by atoms with Crippen LogP contribution in [-0.4, -0.2) is 16.8 Å². The van der Waals surface area contributed by atoms with Crippen LogP contribution in [0.3, 0.4) is 0 Å². The minimum absolute atomic E-state index is 0.00212. The SMILES string of the molecule is CC(C)(C)c1ccc2c(c1)[C@]1(C)CCCCC1(C)N2c1cc2c3c(c1)-n1c4sc5c(c4c4cccc(c41)B3C1=CCC(C(C)(C)C)C=C1N2c1cccc2c1oc1ccccc12)=CCCC=5. The van der Waals surface area contributed by atoms with Gasteiger partial charge in [0.15, 0.2) is 5.58 Å². The van der Waals surface area contributed by atoms with Crippen molar-refractivity contribution < 1.29 is 4.42 Å². The summed E-state index contributed by atoms with van der Waals surface area (Å²) in [6.45, 7) is 19.6. The maximum absolute atomic E-state index is 7.02. The number of rotatable bonds is 2. The zero-order valence-corrected chi connectivity index (χ0v) is 40.5. The molecular weight excluding hydrogens is 822 g/mol. The van der Waals surface area contributed by atoms with Crippen LogP contribution in [0.4, 0.5) is 22.7 Å². The van der Waals surface area contributed by atoms with Gasteiger partial charge in [-0.05, 0) is 119 Å². The van der Waals surface area contributed by atoms with Crippen LogP contribution in [0, 0.1) is 11.3 Å². The van der Waals surface area contributed by atoms with Gasteiger partial charge in [-0.2, -0.15) is 0 Å². The van der Waals surface area contributed by atoms with Crippen molar-refractivity contribution in [2.75, 3.05) is 9.80 Å². The van der Waals surface area contributed by atoms with E-state index in [1.807, 2.05) is 11.3 Å². The first-order valence-corrected chi connectivity index (χ1v) is 25.6. The molecule has 5 aromatic carbocycles. The van der Waals surface area contributed by atoms with Gasteiger partial charge in [0.2, 0.25) is 0 Å². The molecule has 66 heavy (non-hydrogen) atoms. The molecule has 3 aliphatic carbocycles. The number of hydrogen-bond donors (Lipinski definition) is 0. The Kier molecular flexibility index (Phi) is 7.79. The molecule has 6 heterocycles. The number of hydrogen-bond acceptors (Lipinski definition) is 4. The summed E-state index contributed by atoms with van der Waals surface area (Å²) in [7, 11) is 0. The molecule has 6 heteroatoms. The van der Waals surface area contributed by atoms with E-state index in [1.54, 1.807) is 0 Å². The predicted octanol–water partition coefficient (Wildman–Crippen LogP) is 13.6. The van der Waals surface area contributed by atoms with Gasteiger partial charge in [-0.3, -0.25) is 0 Å². The summed E-state index contributed by atoms with van der Waals surface area (Å²) < 4.78 is 11.2. The maximum atomic E-state index is 7.02. The summed E-state index contributed by atoms with van der Waals surface area (Å²) in [5.41, 5.74) is 18.1. The molecule has 0 bridgehead atoms. The molecule has 1 saturated carbocycles. The standard InChI is InChI=1S/C60H58BN3OS/c1-57(2,3)35-26-28-45-42(31-35)59(7)29-13-14-30-60(59,8)64(45)37-33-48-53-49(34-37)63-54-41(52-40-18-10-12-24-51(40)66-56(52)63)20-15-21-44(54)61(53)43-27-25-36(58(4,5)6)32-47(43)62(48)46-22-16-19-39-38-17-9-11-23-50(38)65-55(39)46/h9,11,15-24,26-28,31-34,36H,10,12-14,25,29-30H2,1-8H3/t36?,59-,60?/m0/s1. The van der Waals surface area contributed by atoms with Gasteiger partial charge in [-0.15, -0.1) is 11.3 Å². The average Bonchev–Trinajstić information content (AvgIpc) is 4.02. The van der Waals surface area contributed by atoms with Crippen LogP contribution in [0.1, 0.15) is 111 Å². The van der Waals surface area contributed by atoms with Gasteiger partial charge in [-0.25, -0.2) is 0 Å². The quantitative estimate of drug-likeness (QED) is 0.162. The zero-order chi connectivity index (χ0) is 44.8. The Morgan fingerprint density at radius 2 is 1.52 bits per heavy atom. The minimum atomic E-state index is -0.116. The van der Waals surface area contributed by atoms with Gasteiger partial charge in [0.1, 0.15) is 10.4 Å². The van der Waals surface area contributed by atoms with Crippen LogP contribution in [0.15, 0.2) is 119 Å². The van der Waals surface area contributed by atoms with E-state index in [2.05, 4.69) is 185 Å². The maximum Gasteiger partial charge on any atom is 0.251 e. The molecule has 2 unspecified atom stereocenters. The number of benzene rings is 5. The summed E-state index contributed by atoms with van der Waals surface area (Å²) in [6.07, 6.45) is 18.3.